The monoisotopic (exact) mass is 398 g/mol. The van der Waals surface area contributed by atoms with E-state index in [2.05, 4.69) is 15.5 Å². The van der Waals surface area contributed by atoms with Crippen LogP contribution in [-0.2, 0) is 16.0 Å². The topological polar surface area (TPSA) is 109 Å². The predicted octanol–water partition coefficient (Wildman–Crippen LogP) is 1.47. The number of hydrogen-bond donors (Lipinski definition) is 2. The fourth-order valence-corrected chi connectivity index (χ4v) is 4.32. The van der Waals surface area contributed by atoms with Gasteiger partial charge in [-0.1, -0.05) is 29.4 Å². The van der Waals surface area contributed by atoms with Crippen molar-refractivity contribution < 1.29 is 19.2 Å². The molecule has 0 saturated carbocycles. The van der Waals surface area contributed by atoms with Gasteiger partial charge in [-0.2, -0.15) is 4.98 Å². The molecule has 2 aliphatic rings. The van der Waals surface area contributed by atoms with Crippen LogP contribution < -0.4 is 5.32 Å². The van der Waals surface area contributed by atoms with Crippen LogP contribution in [0.5, 0.6) is 0 Å². The predicted molar refractivity (Wildman–Crippen MR) is 105 cm³/mol. The van der Waals surface area contributed by atoms with Crippen molar-refractivity contribution in [1.29, 1.82) is 0 Å². The lowest BCUT2D eigenvalue weighted by Gasteiger charge is -2.46. The summed E-state index contributed by atoms with van der Waals surface area (Å²) in [5.74, 6) is 0.724. The van der Waals surface area contributed by atoms with Crippen LogP contribution in [0.2, 0.25) is 0 Å². The van der Waals surface area contributed by atoms with Crippen molar-refractivity contribution in [2.75, 3.05) is 19.6 Å². The minimum absolute atomic E-state index is 0.0645. The van der Waals surface area contributed by atoms with Crippen LogP contribution in [-0.4, -0.2) is 57.7 Å². The Bertz CT molecular complexity index is 912. The summed E-state index contributed by atoms with van der Waals surface area (Å²) >= 11 is 0. The third kappa shape index (κ3) is 3.76. The Morgan fingerprint density at radius 1 is 1.41 bits per heavy atom. The molecule has 4 rings (SSSR count). The van der Waals surface area contributed by atoms with Gasteiger partial charge in [0.25, 0.3) is 0 Å². The maximum atomic E-state index is 12.8. The summed E-state index contributed by atoms with van der Waals surface area (Å²) in [5.41, 5.74) is 1.08. The maximum absolute atomic E-state index is 12.8. The maximum Gasteiger partial charge on any atom is 0.230 e. The molecule has 2 N–H and O–H groups in total. The van der Waals surface area contributed by atoms with Gasteiger partial charge in [-0.05, 0) is 31.7 Å². The Hall–Kier alpha value is -2.74. The molecule has 2 saturated heterocycles. The molecule has 8 nitrogen and oxygen atoms in total. The Balaban J connectivity index is 1.39. The number of amides is 2. The fraction of sp³-hybridized carbons (Fsp3) is 0.524. The normalized spacial score (nSPS) is 24.6. The summed E-state index contributed by atoms with van der Waals surface area (Å²) in [6.45, 7) is 3.32. The van der Waals surface area contributed by atoms with E-state index in [1.165, 1.54) is 0 Å². The number of nitrogens with one attached hydrogen (secondary N) is 1. The van der Waals surface area contributed by atoms with E-state index in [1.54, 1.807) is 4.90 Å². The summed E-state index contributed by atoms with van der Waals surface area (Å²) in [4.78, 5) is 31.3. The zero-order chi connectivity index (χ0) is 20.4. The van der Waals surface area contributed by atoms with E-state index in [1.807, 2.05) is 31.2 Å². The summed E-state index contributed by atoms with van der Waals surface area (Å²) in [6.07, 6.45) is 1.69. The molecule has 2 aliphatic heterocycles. The Labute approximate surface area is 169 Å². The van der Waals surface area contributed by atoms with Gasteiger partial charge in [0.2, 0.25) is 23.5 Å². The number of hydrogen-bond acceptors (Lipinski definition) is 6. The third-order valence-corrected chi connectivity index (χ3v) is 6.08. The SMILES string of the molecule is Cc1ccccc1-c1noc(CCC(=O)N2CC[C@H](O)[C@@]3(CCCNC3=O)C2)n1. The average Bonchev–Trinajstić information content (AvgIpc) is 3.19. The minimum Gasteiger partial charge on any atom is -0.392 e. The molecule has 0 aliphatic carbocycles. The largest absolute Gasteiger partial charge is 0.392 e. The lowest BCUT2D eigenvalue weighted by molar-refractivity contribution is -0.154. The van der Waals surface area contributed by atoms with Crippen molar-refractivity contribution >= 4 is 11.8 Å². The van der Waals surface area contributed by atoms with Crippen LogP contribution in [0.25, 0.3) is 11.4 Å². The number of rotatable bonds is 4. The molecule has 2 amide bonds. The summed E-state index contributed by atoms with van der Waals surface area (Å²) in [6, 6.07) is 7.79. The highest BCUT2D eigenvalue weighted by atomic mass is 16.5. The zero-order valence-corrected chi connectivity index (χ0v) is 16.6. The first-order valence-corrected chi connectivity index (χ1v) is 10.1. The van der Waals surface area contributed by atoms with Crippen molar-refractivity contribution in [3.05, 3.63) is 35.7 Å². The molecule has 2 aromatic rings. The first-order valence-electron chi connectivity index (χ1n) is 10.1. The molecule has 1 spiro atoms. The van der Waals surface area contributed by atoms with Crippen LogP contribution in [0.15, 0.2) is 28.8 Å². The van der Waals surface area contributed by atoms with Gasteiger partial charge in [0.05, 0.1) is 11.5 Å². The Morgan fingerprint density at radius 3 is 3.03 bits per heavy atom. The summed E-state index contributed by atoms with van der Waals surface area (Å²) < 4.78 is 5.32. The van der Waals surface area contributed by atoms with Gasteiger partial charge in [0.1, 0.15) is 0 Å². The van der Waals surface area contributed by atoms with Crippen LogP contribution in [0.3, 0.4) is 0 Å². The van der Waals surface area contributed by atoms with E-state index >= 15 is 0 Å². The number of piperidine rings is 2. The average molecular weight is 398 g/mol. The van der Waals surface area contributed by atoms with Crippen LogP contribution in [0, 0.1) is 12.3 Å². The molecule has 154 valence electrons. The van der Waals surface area contributed by atoms with Gasteiger partial charge in [-0.3, -0.25) is 9.59 Å². The lowest BCUT2D eigenvalue weighted by atomic mass is 9.71. The highest BCUT2D eigenvalue weighted by molar-refractivity contribution is 5.86. The quantitative estimate of drug-likeness (QED) is 0.807. The first-order chi connectivity index (χ1) is 14.0. The molecule has 1 aromatic carbocycles. The van der Waals surface area contributed by atoms with Gasteiger partial charge >= 0.3 is 0 Å². The highest BCUT2D eigenvalue weighted by Crippen LogP contribution is 2.37. The fourth-order valence-electron chi connectivity index (χ4n) is 4.32. The van der Waals surface area contributed by atoms with Crippen LogP contribution in [0.4, 0.5) is 0 Å². The first kappa shape index (κ1) is 19.6. The van der Waals surface area contributed by atoms with Crippen molar-refractivity contribution in [2.45, 2.75) is 45.1 Å². The number of aromatic nitrogens is 2. The molecule has 29 heavy (non-hydrogen) atoms. The van der Waals surface area contributed by atoms with Gasteiger partial charge in [-0.25, -0.2) is 0 Å². The number of likely N-dealkylation sites (tertiary alicyclic amines) is 1. The summed E-state index contributed by atoms with van der Waals surface area (Å²) in [7, 11) is 0. The number of nitrogens with zero attached hydrogens (tertiary/aromatic N) is 3. The number of aryl methyl sites for hydroxylation is 2. The highest BCUT2D eigenvalue weighted by Gasteiger charge is 2.50. The standard InChI is InChI=1S/C21H26N4O4/c1-14-5-2-3-6-15(14)19-23-17(29-24-19)7-8-18(27)25-12-9-16(26)21(13-25)10-4-11-22-20(21)28/h2-3,5-6,16,26H,4,7-13H2,1H3,(H,22,28)/t16-,21+/m0/s1. The molecule has 0 unspecified atom stereocenters. The van der Waals surface area contributed by atoms with E-state index in [-0.39, 0.29) is 24.8 Å². The molecule has 3 heterocycles. The molecule has 2 atom stereocenters. The van der Waals surface area contributed by atoms with Crippen molar-refractivity contribution in [2.24, 2.45) is 5.41 Å². The zero-order valence-electron chi connectivity index (χ0n) is 16.6. The lowest BCUT2D eigenvalue weighted by Crippen LogP contribution is -2.62. The molecule has 0 radical (unpaired) electrons. The molecular weight excluding hydrogens is 372 g/mol. The van der Waals surface area contributed by atoms with E-state index in [0.29, 0.717) is 44.1 Å². The minimum atomic E-state index is -0.880. The third-order valence-electron chi connectivity index (χ3n) is 6.08. The van der Waals surface area contributed by atoms with Crippen molar-refractivity contribution in [1.82, 2.24) is 20.4 Å². The van der Waals surface area contributed by atoms with Gasteiger partial charge in [0.15, 0.2) is 0 Å². The second-order valence-corrected chi connectivity index (χ2v) is 7.96. The molecule has 2 fully saturated rings. The number of aliphatic hydroxyl groups is 1. The van der Waals surface area contributed by atoms with Gasteiger partial charge in [-0.15, -0.1) is 0 Å². The van der Waals surface area contributed by atoms with E-state index < -0.39 is 11.5 Å². The summed E-state index contributed by atoms with van der Waals surface area (Å²) in [5, 5.41) is 17.3. The van der Waals surface area contributed by atoms with Gasteiger partial charge in [0, 0.05) is 38.0 Å². The van der Waals surface area contributed by atoms with E-state index in [4.69, 9.17) is 4.52 Å². The van der Waals surface area contributed by atoms with Crippen LogP contribution in [0.1, 0.15) is 37.1 Å². The van der Waals surface area contributed by atoms with Gasteiger partial charge < -0.3 is 19.8 Å². The molecule has 8 heteroatoms. The van der Waals surface area contributed by atoms with Crippen LogP contribution >= 0.6 is 0 Å². The smallest absolute Gasteiger partial charge is 0.230 e. The number of benzene rings is 1. The Morgan fingerprint density at radius 2 is 2.24 bits per heavy atom. The molecular formula is C21H26N4O4. The Kier molecular flexibility index (Phi) is 5.36. The number of carbonyl (C=O) groups is 2. The van der Waals surface area contributed by atoms with E-state index in [0.717, 1.165) is 17.5 Å². The van der Waals surface area contributed by atoms with Crippen molar-refractivity contribution in [3.63, 3.8) is 0 Å². The number of carbonyl (C=O) groups excluding carboxylic acids is 2. The van der Waals surface area contributed by atoms with Crippen molar-refractivity contribution in [3.8, 4) is 11.4 Å². The van der Waals surface area contributed by atoms with E-state index in [9.17, 15) is 14.7 Å². The number of aliphatic hydroxyl groups excluding tert-OH is 1. The molecule has 1 aromatic heterocycles. The molecule has 0 bridgehead atoms. The second kappa shape index (κ2) is 7.94. The second-order valence-electron chi connectivity index (χ2n) is 7.96.